The van der Waals surface area contributed by atoms with Gasteiger partial charge in [-0.15, -0.1) is 5.10 Å². The number of hydrogen-bond donors (Lipinski definition) is 0. The molecule has 0 radical (unpaired) electrons. The van der Waals surface area contributed by atoms with Crippen molar-refractivity contribution in [2.45, 2.75) is 24.9 Å². The van der Waals surface area contributed by atoms with Crippen molar-refractivity contribution in [3.8, 4) is 28.5 Å². The quantitative estimate of drug-likeness (QED) is 0.218. The van der Waals surface area contributed by atoms with Crippen LogP contribution in [0.4, 0.5) is 30.6 Å². The molecule has 0 aliphatic carbocycles. The molecule has 2 saturated heterocycles. The molecule has 6 rings (SSSR count). The van der Waals surface area contributed by atoms with Gasteiger partial charge in [0.15, 0.2) is 0 Å². The van der Waals surface area contributed by atoms with E-state index in [0.717, 1.165) is 57.9 Å². The summed E-state index contributed by atoms with van der Waals surface area (Å²) in [5.74, 6) is -2.20. The van der Waals surface area contributed by atoms with Gasteiger partial charge in [0.1, 0.15) is 17.2 Å². The van der Waals surface area contributed by atoms with E-state index in [9.17, 15) is 9.32 Å². The number of ether oxygens (including phenoxy) is 4. The van der Waals surface area contributed by atoms with Gasteiger partial charge in [0.05, 0.1) is 63.2 Å². The van der Waals surface area contributed by atoms with Crippen LogP contribution in [0.2, 0.25) is 0 Å². The molecule has 0 N–H and O–H groups in total. The van der Waals surface area contributed by atoms with Crippen LogP contribution in [0.3, 0.4) is 0 Å². The number of nitrogens with zero attached hydrogens (tertiary/aromatic N) is 6. The standard InChI is InChI=1S/C32H35F3N6O6/c1-43-26-5-4-6-27(44-2)29(26)25-10-8-23-20-36-31(37-41(23)25)40(32(33,34)30(42)47-35)24-9-7-22(19-28(24)45-3)38-13-11-21(12-14-38)39-15-17-46-18-16-39/h4-10,19-21H,11-18H2,1-3H3. The molecule has 0 spiro atoms. The zero-order chi connectivity index (χ0) is 33.1. The van der Waals surface area contributed by atoms with Crippen molar-refractivity contribution >= 4 is 28.8 Å². The topological polar surface area (TPSA) is 103 Å². The second-order valence-electron chi connectivity index (χ2n) is 11.1. The summed E-state index contributed by atoms with van der Waals surface area (Å²) in [5, 5.41) is 4.39. The average Bonchev–Trinajstić information content (AvgIpc) is 3.54. The fourth-order valence-corrected chi connectivity index (χ4v) is 6.29. The van der Waals surface area contributed by atoms with E-state index in [-0.39, 0.29) is 16.3 Å². The molecule has 47 heavy (non-hydrogen) atoms. The van der Waals surface area contributed by atoms with Gasteiger partial charge in [-0.1, -0.05) is 6.07 Å². The fraction of sp³-hybridized carbons (Fsp3) is 0.406. The number of morpholine rings is 1. The number of benzene rings is 2. The van der Waals surface area contributed by atoms with Crippen LogP contribution in [-0.4, -0.2) is 98.3 Å². The highest BCUT2D eigenvalue weighted by atomic mass is 19.3. The van der Waals surface area contributed by atoms with E-state index in [1.165, 1.54) is 38.1 Å². The number of halogens is 3. The number of alkyl halides is 2. The molecule has 2 aliphatic heterocycles. The molecule has 0 unspecified atom stereocenters. The predicted molar refractivity (Wildman–Crippen MR) is 166 cm³/mol. The SMILES string of the molecule is COc1cc(N2CCC(N3CCOCC3)CC2)ccc1N(c1ncc2ccc(-c3c(OC)cccc3OC)n2n1)C(F)(F)C(=O)OF. The number of hydrogen-bond acceptors (Lipinski definition) is 11. The zero-order valence-electron chi connectivity index (χ0n) is 26.2. The lowest BCUT2D eigenvalue weighted by molar-refractivity contribution is -0.210. The van der Waals surface area contributed by atoms with Crippen LogP contribution in [0.25, 0.3) is 16.8 Å². The number of piperidine rings is 1. The second-order valence-corrected chi connectivity index (χ2v) is 11.1. The Bertz CT molecular complexity index is 1700. The summed E-state index contributed by atoms with van der Waals surface area (Å²) >= 11 is 0. The molecule has 2 aromatic carbocycles. The number of aromatic nitrogens is 3. The van der Waals surface area contributed by atoms with Crippen molar-refractivity contribution in [2.24, 2.45) is 0 Å². The van der Waals surface area contributed by atoms with E-state index < -0.39 is 18.0 Å². The molecule has 2 fully saturated rings. The third kappa shape index (κ3) is 6.07. The van der Waals surface area contributed by atoms with Crippen molar-refractivity contribution in [1.29, 1.82) is 0 Å². The molecule has 250 valence electrons. The molecular formula is C32H35F3N6O6. The van der Waals surface area contributed by atoms with Gasteiger partial charge in [-0.05, 0) is 49.2 Å². The normalized spacial score (nSPS) is 16.3. The van der Waals surface area contributed by atoms with Gasteiger partial charge in [0, 0.05) is 48.5 Å². The zero-order valence-corrected chi connectivity index (χ0v) is 26.2. The van der Waals surface area contributed by atoms with Crippen molar-refractivity contribution in [3.05, 3.63) is 54.7 Å². The first-order valence-electron chi connectivity index (χ1n) is 15.1. The van der Waals surface area contributed by atoms with Crippen LogP contribution in [-0.2, 0) is 14.5 Å². The molecule has 4 aromatic rings. The summed E-state index contributed by atoms with van der Waals surface area (Å²) in [6.07, 6.45) is 3.17. The highest BCUT2D eigenvalue weighted by Gasteiger charge is 2.52. The first-order valence-corrected chi connectivity index (χ1v) is 15.1. The smallest absolute Gasteiger partial charge is 0.440 e. The second kappa shape index (κ2) is 13.5. The molecule has 0 saturated carbocycles. The third-order valence-corrected chi connectivity index (χ3v) is 8.66. The van der Waals surface area contributed by atoms with Gasteiger partial charge in [-0.3, -0.25) is 4.90 Å². The molecule has 0 amide bonds. The number of rotatable bonds is 10. The minimum absolute atomic E-state index is 0.00744. The van der Waals surface area contributed by atoms with E-state index in [4.69, 9.17) is 18.9 Å². The molecule has 15 heteroatoms. The molecule has 0 bridgehead atoms. The van der Waals surface area contributed by atoms with Gasteiger partial charge >= 0.3 is 12.0 Å². The number of methoxy groups -OCH3 is 3. The van der Waals surface area contributed by atoms with Gasteiger partial charge < -0.3 is 23.8 Å². The maximum atomic E-state index is 15.8. The summed E-state index contributed by atoms with van der Waals surface area (Å²) in [6, 6.07) is 9.04. The largest absolute Gasteiger partial charge is 0.496 e. The van der Waals surface area contributed by atoms with Crippen molar-refractivity contribution < 1.29 is 42.0 Å². The lowest BCUT2D eigenvalue weighted by Gasteiger charge is -2.41. The molecule has 4 heterocycles. The number of carbonyl (C=O) groups is 1. The lowest BCUT2D eigenvalue weighted by Crippen LogP contribution is -2.49. The summed E-state index contributed by atoms with van der Waals surface area (Å²) in [6.45, 7) is 4.77. The monoisotopic (exact) mass is 656 g/mol. The Morgan fingerprint density at radius 1 is 0.936 bits per heavy atom. The van der Waals surface area contributed by atoms with E-state index in [0.29, 0.717) is 34.3 Å². The molecule has 12 nitrogen and oxygen atoms in total. The summed E-state index contributed by atoms with van der Waals surface area (Å²) < 4.78 is 68.3. The summed E-state index contributed by atoms with van der Waals surface area (Å²) in [7, 11) is 4.29. The van der Waals surface area contributed by atoms with E-state index in [1.54, 1.807) is 42.5 Å². The van der Waals surface area contributed by atoms with Crippen LogP contribution >= 0.6 is 0 Å². The Balaban J connectivity index is 1.39. The van der Waals surface area contributed by atoms with E-state index in [1.807, 2.05) is 0 Å². The Labute approximate surface area is 269 Å². The lowest BCUT2D eigenvalue weighted by atomic mass is 10.0. The molecule has 2 aromatic heterocycles. The van der Waals surface area contributed by atoms with Gasteiger partial charge in [0.25, 0.3) is 5.95 Å². The van der Waals surface area contributed by atoms with Crippen LogP contribution in [0.15, 0.2) is 54.7 Å². The predicted octanol–water partition coefficient (Wildman–Crippen LogP) is 4.88. The highest BCUT2D eigenvalue weighted by molar-refractivity contribution is 5.86. The number of anilines is 3. The summed E-state index contributed by atoms with van der Waals surface area (Å²) in [4.78, 5) is 24.2. The maximum absolute atomic E-state index is 15.8. The minimum atomic E-state index is -4.58. The number of carbonyl (C=O) groups excluding carboxylic acids is 1. The summed E-state index contributed by atoms with van der Waals surface area (Å²) in [5.41, 5.74) is 1.84. The van der Waals surface area contributed by atoms with Gasteiger partial charge in [-0.2, -0.15) is 8.78 Å². The molecular weight excluding hydrogens is 621 g/mol. The van der Waals surface area contributed by atoms with Crippen molar-refractivity contribution in [2.75, 3.05) is 70.5 Å². The Morgan fingerprint density at radius 2 is 1.62 bits per heavy atom. The average molecular weight is 657 g/mol. The highest BCUT2D eigenvalue weighted by Crippen LogP contribution is 2.43. The first-order chi connectivity index (χ1) is 22.8. The van der Waals surface area contributed by atoms with Gasteiger partial charge in [-0.25, -0.2) is 24.1 Å². The fourth-order valence-electron chi connectivity index (χ4n) is 6.29. The van der Waals surface area contributed by atoms with Crippen LogP contribution < -0.4 is 24.0 Å². The Kier molecular flexibility index (Phi) is 9.27. The molecule has 2 aliphatic rings. The van der Waals surface area contributed by atoms with Crippen LogP contribution in [0, 0.1) is 0 Å². The van der Waals surface area contributed by atoms with Gasteiger partial charge in [0.2, 0.25) is 0 Å². The Hall–Kier alpha value is -4.76. The van der Waals surface area contributed by atoms with Crippen LogP contribution in [0.1, 0.15) is 12.8 Å². The first kappa shape index (κ1) is 32.2. The minimum Gasteiger partial charge on any atom is -0.496 e. The maximum Gasteiger partial charge on any atom is 0.440 e. The third-order valence-electron chi connectivity index (χ3n) is 8.66. The number of fused-ring (bicyclic) bond motifs is 1. The van der Waals surface area contributed by atoms with Crippen LogP contribution in [0.5, 0.6) is 17.2 Å². The van der Waals surface area contributed by atoms with E-state index >= 15 is 8.78 Å². The van der Waals surface area contributed by atoms with Crippen molar-refractivity contribution in [1.82, 2.24) is 19.5 Å². The Morgan fingerprint density at radius 3 is 2.26 bits per heavy atom. The van der Waals surface area contributed by atoms with Crippen molar-refractivity contribution in [3.63, 3.8) is 0 Å². The molecule has 0 atom stereocenters. The van der Waals surface area contributed by atoms with E-state index in [2.05, 4.69) is 24.8 Å².